The van der Waals surface area contributed by atoms with E-state index in [1.54, 1.807) is 0 Å². The fourth-order valence-electron chi connectivity index (χ4n) is 3.98. The van der Waals surface area contributed by atoms with Gasteiger partial charge in [-0.2, -0.15) is 0 Å². The summed E-state index contributed by atoms with van der Waals surface area (Å²) < 4.78 is 11.7. The molecule has 4 nitrogen and oxygen atoms in total. The molecule has 0 saturated carbocycles. The van der Waals surface area contributed by atoms with E-state index >= 15 is 0 Å². The van der Waals surface area contributed by atoms with Crippen molar-refractivity contribution in [3.8, 4) is 0 Å². The third kappa shape index (κ3) is 4.15. The molecule has 0 aliphatic carbocycles. The number of nitrogens with one attached hydrogen (secondary N) is 1. The van der Waals surface area contributed by atoms with Gasteiger partial charge in [-0.15, -0.1) is 0 Å². The Balaban J connectivity index is 1.67. The van der Waals surface area contributed by atoms with E-state index in [2.05, 4.69) is 66.6 Å². The third-order valence-corrected chi connectivity index (χ3v) is 6.97. The Morgan fingerprint density at radius 1 is 1.07 bits per heavy atom. The molecule has 146 valence electrons. The quantitative estimate of drug-likeness (QED) is 0.631. The standard InChI is InChI=1S/C23H27N3OS/c1-15-5-4-6-19(13-15)16(2)24-23-21-14-20(18-9-11-28(27)12-10-18)7-8-22(21)25-17(3)26-23/h4-8,13-14,16,18H,9-12H2,1-3H3,(H,24,25,26)/t16-,18?,28?/m1/s1. The molecule has 2 aromatic carbocycles. The van der Waals surface area contributed by atoms with Crippen LogP contribution in [0.3, 0.4) is 0 Å². The van der Waals surface area contributed by atoms with Crippen LogP contribution in [0.15, 0.2) is 42.5 Å². The highest BCUT2D eigenvalue weighted by atomic mass is 32.2. The Kier molecular flexibility index (Phi) is 5.56. The summed E-state index contributed by atoms with van der Waals surface area (Å²) in [5.41, 5.74) is 4.78. The van der Waals surface area contributed by atoms with E-state index in [1.807, 2.05) is 6.92 Å². The highest BCUT2D eigenvalue weighted by Gasteiger charge is 2.23. The molecule has 1 N–H and O–H groups in total. The SMILES string of the molecule is Cc1cccc([C@@H](C)Nc2nc(C)nc3ccc(C4CC[S+]([O-])CC4)cc23)c1. The van der Waals surface area contributed by atoms with Crippen molar-refractivity contribution in [2.45, 2.75) is 45.6 Å². The molecule has 1 saturated heterocycles. The summed E-state index contributed by atoms with van der Waals surface area (Å²) in [5, 5.41) is 4.67. The van der Waals surface area contributed by atoms with E-state index in [4.69, 9.17) is 4.98 Å². The number of hydrogen-bond acceptors (Lipinski definition) is 4. The fourth-order valence-corrected chi connectivity index (χ4v) is 5.28. The molecule has 4 rings (SSSR count). The number of nitrogens with zero attached hydrogens (tertiary/aromatic N) is 2. The first-order valence-corrected chi connectivity index (χ1v) is 11.4. The van der Waals surface area contributed by atoms with Crippen molar-refractivity contribution in [2.75, 3.05) is 16.8 Å². The van der Waals surface area contributed by atoms with Gasteiger partial charge < -0.3 is 9.87 Å². The lowest BCUT2D eigenvalue weighted by atomic mass is 9.92. The number of fused-ring (bicyclic) bond motifs is 1. The molecule has 2 heterocycles. The van der Waals surface area contributed by atoms with Gasteiger partial charge >= 0.3 is 0 Å². The third-order valence-electron chi connectivity index (χ3n) is 5.59. The van der Waals surface area contributed by atoms with E-state index < -0.39 is 11.2 Å². The number of aryl methyl sites for hydroxylation is 2. The van der Waals surface area contributed by atoms with Crippen LogP contribution in [0.5, 0.6) is 0 Å². The molecule has 28 heavy (non-hydrogen) atoms. The lowest BCUT2D eigenvalue weighted by molar-refractivity contribution is 0.549. The van der Waals surface area contributed by atoms with Gasteiger partial charge in [0.2, 0.25) is 0 Å². The minimum atomic E-state index is -0.637. The first-order valence-electron chi connectivity index (χ1n) is 9.96. The van der Waals surface area contributed by atoms with Gasteiger partial charge in [0.05, 0.1) is 5.52 Å². The van der Waals surface area contributed by atoms with Crippen molar-refractivity contribution < 1.29 is 4.55 Å². The highest BCUT2D eigenvalue weighted by molar-refractivity contribution is 7.91. The molecule has 0 amide bonds. The van der Waals surface area contributed by atoms with E-state index in [0.29, 0.717) is 5.92 Å². The minimum Gasteiger partial charge on any atom is -0.616 e. The van der Waals surface area contributed by atoms with Crippen LogP contribution >= 0.6 is 0 Å². The first-order chi connectivity index (χ1) is 13.5. The Labute approximate surface area is 170 Å². The van der Waals surface area contributed by atoms with Crippen molar-refractivity contribution in [1.29, 1.82) is 0 Å². The van der Waals surface area contributed by atoms with Crippen LogP contribution in [0.2, 0.25) is 0 Å². The van der Waals surface area contributed by atoms with Crippen LogP contribution in [0, 0.1) is 13.8 Å². The molecule has 0 spiro atoms. The number of benzene rings is 2. The second kappa shape index (κ2) is 8.10. The van der Waals surface area contributed by atoms with Gasteiger partial charge in [0, 0.05) is 11.4 Å². The second-order valence-electron chi connectivity index (χ2n) is 7.80. The van der Waals surface area contributed by atoms with E-state index in [-0.39, 0.29) is 6.04 Å². The Morgan fingerprint density at radius 3 is 2.61 bits per heavy atom. The van der Waals surface area contributed by atoms with Crippen LogP contribution in [0.4, 0.5) is 5.82 Å². The fraction of sp³-hybridized carbons (Fsp3) is 0.391. The maximum Gasteiger partial charge on any atom is 0.138 e. The van der Waals surface area contributed by atoms with Crippen LogP contribution < -0.4 is 5.32 Å². The average molecular weight is 394 g/mol. The molecule has 0 radical (unpaired) electrons. The molecule has 1 fully saturated rings. The van der Waals surface area contributed by atoms with Crippen molar-refractivity contribution >= 4 is 27.9 Å². The normalized spacial score (nSPS) is 20.9. The summed E-state index contributed by atoms with van der Waals surface area (Å²) in [6.45, 7) is 6.22. The molecule has 0 unspecified atom stereocenters. The lowest BCUT2D eigenvalue weighted by Crippen LogP contribution is -2.22. The summed E-state index contributed by atoms with van der Waals surface area (Å²) in [6, 6.07) is 15.2. The maximum atomic E-state index is 11.7. The smallest absolute Gasteiger partial charge is 0.138 e. The van der Waals surface area contributed by atoms with Crippen LogP contribution in [0.25, 0.3) is 10.9 Å². The van der Waals surface area contributed by atoms with Crippen LogP contribution in [-0.4, -0.2) is 26.0 Å². The average Bonchev–Trinajstić information content (AvgIpc) is 2.68. The van der Waals surface area contributed by atoms with Gasteiger partial charge in [-0.1, -0.05) is 47.1 Å². The van der Waals surface area contributed by atoms with Crippen molar-refractivity contribution in [2.24, 2.45) is 0 Å². The Bertz CT molecular complexity index is 983. The molecule has 1 aliphatic heterocycles. The van der Waals surface area contributed by atoms with Gasteiger partial charge in [-0.25, -0.2) is 9.97 Å². The maximum absolute atomic E-state index is 11.7. The monoisotopic (exact) mass is 393 g/mol. The topological polar surface area (TPSA) is 60.9 Å². The summed E-state index contributed by atoms with van der Waals surface area (Å²) in [6.07, 6.45) is 1.99. The van der Waals surface area contributed by atoms with Crippen molar-refractivity contribution in [3.05, 3.63) is 65.0 Å². The van der Waals surface area contributed by atoms with Gasteiger partial charge in [0.1, 0.15) is 23.1 Å². The summed E-state index contributed by atoms with van der Waals surface area (Å²) in [4.78, 5) is 9.35. The van der Waals surface area contributed by atoms with Crippen molar-refractivity contribution in [3.63, 3.8) is 0 Å². The number of hydrogen-bond donors (Lipinski definition) is 1. The molecular weight excluding hydrogens is 366 g/mol. The molecule has 1 aromatic heterocycles. The first kappa shape index (κ1) is 19.2. The molecule has 1 aliphatic rings. The second-order valence-corrected chi connectivity index (χ2v) is 9.49. The zero-order valence-electron chi connectivity index (χ0n) is 16.7. The molecule has 1 atom stereocenters. The Morgan fingerprint density at radius 2 is 1.86 bits per heavy atom. The minimum absolute atomic E-state index is 0.151. The van der Waals surface area contributed by atoms with Crippen molar-refractivity contribution in [1.82, 2.24) is 9.97 Å². The van der Waals surface area contributed by atoms with Gasteiger partial charge in [-0.05, 0) is 62.8 Å². The summed E-state index contributed by atoms with van der Waals surface area (Å²) in [7, 11) is 0. The van der Waals surface area contributed by atoms with Gasteiger partial charge in [0.25, 0.3) is 0 Å². The van der Waals surface area contributed by atoms with E-state index in [9.17, 15) is 4.55 Å². The van der Waals surface area contributed by atoms with E-state index in [1.165, 1.54) is 16.7 Å². The van der Waals surface area contributed by atoms with Gasteiger partial charge in [0.15, 0.2) is 0 Å². The number of rotatable bonds is 4. The molecular formula is C23H27N3OS. The lowest BCUT2D eigenvalue weighted by Gasteiger charge is -2.25. The van der Waals surface area contributed by atoms with Crippen LogP contribution in [-0.2, 0) is 11.2 Å². The summed E-state index contributed by atoms with van der Waals surface area (Å²) in [5.74, 6) is 3.75. The molecule has 0 bridgehead atoms. The molecule has 3 aromatic rings. The number of aromatic nitrogens is 2. The largest absolute Gasteiger partial charge is 0.616 e. The highest BCUT2D eigenvalue weighted by Crippen LogP contribution is 2.33. The van der Waals surface area contributed by atoms with E-state index in [0.717, 1.165) is 46.9 Å². The summed E-state index contributed by atoms with van der Waals surface area (Å²) >= 11 is -0.637. The predicted octanol–water partition coefficient (Wildman–Crippen LogP) is 5.05. The van der Waals surface area contributed by atoms with Gasteiger partial charge in [-0.3, -0.25) is 0 Å². The zero-order valence-corrected chi connectivity index (χ0v) is 17.6. The molecule has 5 heteroatoms. The zero-order chi connectivity index (χ0) is 19.7. The Hall–Kier alpha value is -2.11. The van der Waals surface area contributed by atoms with Crippen LogP contribution in [0.1, 0.15) is 54.2 Å². The number of anilines is 1. The predicted molar refractivity (Wildman–Crippen MR) is 117 cm³/mol.